The van der Waals surface area contributed by atoms with E-state index in [2.05, 4.69) is 36.3 Å². The van der Waals surface area contributed by atoms with Crippen molar-refractivity contribution in [2.24, 2.45) is 5.92 Å². The number of thioether (sulfide) groups is 1. The minimum absolute atomic E-state index is 0.101. The Hall–Kier alpha value is -0.260. The number of nitrogens with zero attached hydrogens (tertiary/aromatic N) is 1. The van der Waals surface area contributed by atoms with E-state index in [4.69, 9.17) is 0 Å². The molecule has 1 amide bonds. The predicted octanol–water partition coefficient (Wildman–Crippen LogP) is 1.18. The highest BCUT2D eigenvalue weighted by Crippen LogP contribution is 2.19. The van der Waals surface area contributed by atoms with Gasteiger partial charge >= 0.3 is 0 Å². The zero-order valence-corrected chi connectivity index (χ0v) is 13.4. The molecule has 0 aliphatic carbocycles. The summed E-state index contributed by atoms with van der Waals surface area (Å²) in [5.74, 6) is 1.61. The molecule has 2 N–H and O–H groups in total. The van der Waals surface area contributed by atoms with Gasteiger partial charge in [-0.15, -0.1) is 11.8 Å². The molecule has 0 aromatic rings. The average molecular weight is 287 g/mol. The number of carbonyl (C=O) groups excluding carboxylic acids is 1. The van der Waals surface area contributed by atoms with Gasteiger partial charge in [0.1, 0.15) is 0 Å². The summed E-state index contributed by atoms with van der Waals surface area (Å²) in [5.41, 5.74) is 0. The second kappa shape index (κ2) is 9.61. The minimum atomic E-state index is 0.101. The van der Waals surface area contributed by atoms with Gasteiger partial charge in [0.15, 0.2) is 0 Å². The van der Waals surface area contributed by atoms with Crippen molar-refractivity contribution in [1.82, 2.24) is 15.5 Å². The van der Waals surface area contributed by atoms with Gasteiger partial charge in [-0.25, -0.2) is 0 Å². The highest BCUT2D eigenvalue weighted by Gasteiger charge is 2.21. The summed E-state index contributed by atoms with van der Waals surface area (Å²) >= 11 is 1.75. The summed E-state index contributed by atoms with van der Waals surface area (Å²) < 4.78 is 0. The van der Waals surface area contributed by atoms with E-state index in [1.807, 2.05) is 0 Å². The van der Waals surface area contributed by atoms with E-state index in [9.17, 15) is 4.79 Å². The SMILES string of the molecule is CCSC(C(=O)NCCCN1CCNCC1)C(C)C. The van der Waals surface area contributed by atoms with Crippen LogP contribution in [0.4, 0.5) is 0 Å². The van der Waals surface area contributed by atoms with Crippen molar-refractivity contribution in [3.63, 3.8) is 0 Å². The number of carbonyl (C=O) groups is 1. The van der Waals surface area contributed by atoms with E-state index in [1.54, 1.807) is 11.8 Å². The molecule has 112 valence electrons. The summed E-state index contributed by atoms with van der Waals surface area (Å²) in [4.78, 5) is 14.5. The van der Waals surface area contributed by atoms with Gasteiger partial charge in [-0.3, -0.25) is 4.79 Å². The lowest BCUT2D eigenvalue weighted by Crippen LogP contribution is -2.44. The van der Waals surface area contributed by atoms with Crippen LogP contribution in [0.2, 0.25) is 0 Å². The molecule has 1 fully saturated rings. The van der Waals surface area contributed by atoms with Crippen molar-refractivity contribution in [3.8, 4) is 0 Å². The molecule has 1 rings (SSSR count). The molecular formula is C14H29N3OS. The van der Waals surface area contributed by atoms with Gasteiger partial charge in [-0.1, -0.05) is 20.8 Å². The molecule has 0 radical (unpaired) electrons. The molecule has 1 aliphatic heterocycles. The van der Waals surface area contributed by atoms with Crippen molar-refractivity contribution in [1.29, 1.82) is 0 Å². The molecule has 0 saturated carbocycles. The molecule has 1 unspecified atom stereocenters. The molecular weight excluding hydrogens is 258 g/mol. The average Bonchev–Trinajstić information content (AvgIpc) is 2.41. The van der Waals surface area contributed by atoms with Crippen LogP contribution in [0.5, 0.6) is 0 Å². The molecule has 0 bridgehead atoms. The van der Waals surface area contributed by atoms with Crippen molar-refractivity contribution < 1.29 is 4.79 Å². The van der Waals surface area contributed by atoms with Crippen molar-refractivity contribution in [2.75, 3.05) is 45.0 Å². The molecule has 1 aliphatic rings. The number of nitrogens with one attached hydrogen (secondary N) is 2. The zero-order chi connectivity index (χ0) is 14.1. The van der Waals surface area contributed by atoms with E-state index in [0.717, 1.165) is 51.4 Å². The normalized spacial score (nSPS) is 18.5. The number of hydrogen-bond acceptors (Lipinski definition) is 4. The number of hydrogen-bond donors (Lipinski definition) is 2. The van der Waals surface area contributed by atoms with Gasteiger partial charge in [-0.2, -0.15) is 0 Å². The molecule has 0 aromatic heterocycles. The summed E-state index contributed by atoms with van der Waals surface area (Å²) in [6, 6.07) is 0. The number of rotatable bonds is 8. The van der Waals surface area contributed by atoms with Gasteiger partial charge in [0.25, 0.3) is 0 Å². The van der Waals surface area contributed by atoms with E-state index in [-0.39, 0.29) is 11.2 Å². The molecule has 1 saturated heterocycles. The van der Waals surface area contributed by atoms with Crippen LogP contribution in [-0.4, -0.2) is 61.1 Å². The molecule has 0 spiro atoms. The van der Waals surface area contributed by atoms with Crippen LogP contribution >= 0.6 is 11.8 Å². The molecule has 1 atom stereocenters. The topological polar surface area (TPSA) is 44.4 Å². The van der Waals surface area contributed by atoms with Crippen LogP contribution < -0.4 is 10.6 Å². The van der Waals surface area contributed by atoms with Crippen molar-refractivity contribution in [2.45, 2.75) is 32.4 Å². The monoisotopic (exact) mass is 287 g/mol. The lowest BCUT2D eigenvalue weighted by atomic mass is 10.1. The van der Waals surface area contributed by atoms with E-state index < -0.39 is 0 Å². The lowest BCUT2D eigenvalue weighted by Gasteiger charge is -2.27. The summed E-state index contributed by atoms with van der Waals surface area (Å²) in [6.07, 6.45) is 1.05. The summed E-state index contributed by atoms with van der Waals surface area (Å²) in [6.45, 7) is 12.7. The molecule has 19 heavy (non-hydrogen) atoms. The van der Waals surface area contributed by atoms with Gasteiger partial charge in [0.05, 0.1) is 5.25 Å². The highest BCUT2D eigenvalue weighted by atomic mass is 32.2. The van der Waals surface area contributed by atoms with Crippen LogP contribution in [0.15, 0.2) is 0 Å². The maximum absolute atomic E-state index is 12.1. The van der Waals surface area contributed by atoms with Crippen molar-refractivity contribution >= 4 is 17.7 Å². The second-order valence-electron chi connectivity index (χ2n) is 5.36. The summed E-state index contributed by atoms with van der Waals surface area (Å²) in [5, 5.41) is 6.54. The Morgan fingerprint density at radius 2 is 2.05 bits per heavy atom. The Bertz CT molecular complexity index is 255. The Morgan fingerprint density at radius 3 is 2.63 bits per heavy atom. The fraction of sp³-hybridized carbons (Fsp3) is 0.929. The maximum Gasteiger partial charge on any atom is 0.233 e. The number of amides is 1. The van der Waals surface area contributed by atoms with Crippen molar-refractivity contribution in [3.05, 3.63) is 0 Å². The van der Waals surface area contributed by atoms with Crippen LogP contribution in [0.1, 0.15) is 27.2 Å². The van der Waals surface area contributed by atoms with Crippen LogP contribution in [0.25, 0.3) is 0 Å². The Kier molecular flexibility index (Phi) is 8.50. The molecule has 0 aromatic carbocycles. The highest BCUT2D eigenvalue weighted by molar-refractivity contribution is 8.00. The smallest absolute Gasteiger partial charge is 0.233 e. The third kappa shape index (κ3) is 6.63. The second-order valence-corrected chi connectivity index (χ2v) is 6.77. The van der Waals surface area contributed by atoms with Gasteiger partial charge < -0.3 is 15.5 Å². The third-order valence-corrected chi connectivity index (χ3v) is 4.82. The van der Waals surface area contributed by atoms with E-state index >= 15 is 0 Å². The first-order valence-corrected chi connectivity index (χ1v) is 8.52. The lowest BCUT2D eigenvalue weighted by molar-refractivity contribution is -0.121. The fourth-order valence-corrected chi connectivity index (χ4v) is 3.28. The minimum Gasteiger partial charge on any atom is -0.355 e. The van der Waals surface area contributed by atoms with E-state index in [0.29, 0.717) is 5.92 Å². The van der Waals surface area contributed by atoms with Gasteiger partial charge in [0.2, 0.25) is 5.91 Å². The number of piperazine rings is 1. The van der Waals surface area contributed by atoms with Gasteiger partial charge in [0, 0.05) is 32.7 Å². The molecule has 4 nitrogen and oxygen atoms in total. The molecule has 1 heterocycles. The Balaban J connectivity index is 2.14. The van der Waals surface area contributed by atoms with Gasteiger partial charge in [-0.05, 0) is 24.6 Å². The standard InChI is InChI=1S/C14H29N3OS/c1-4-19-13(12(2)3)14(18)16-6-5-9-17-10-7-15-8-11-17/h12-13,15H,4-11H2,1-3H3,(H,16,18). The Labute approximate surface area is 122 Å². The third-order valence-electron chi connectivity index (χ3n) is 3.37. The fourth-order valence-electron chi connectivity index (χ4n) is 2.30. The predicted molar refractivity (Wildman–Crippen MR) is 83.7 cm³/mol. The zero-order valence-electron chi connectivity index (χ0n) is 12.6. The van der Waals surface area contributed by atoms with Crippen LogP contribution in [0.3, 0.4) is 0 Å². The van der Waals surface area contributed by atoms with E-state index in [1.165, 1.54) is 0 Å². The first kappa shape index (κ1) is 16.8. The largest absolute Gasteiger partial charge is 0.355 e. The maximum atomic E-state index is 12.1. The molecule has 5 heteroatoms. The summed E-state index contributed by atoms with van der Waals surface area (Å²) in [7, 11) is 0. The first-order valence-electron chi connectivity index (χ1n) is 7.47. The van der Waals surface area contributed by atoms with Crippen LogP contribution in [-0.2, 0) is 4.79 Å². The first-order chi connectivity index (χ1) is 9.15. The Morgan fingerprint density at radius 1 is 1.37 bits per heavy atom. The van der Waals surface area contributed by atoms with Crippen LogP contribution in [0, 0.1) is 5.92 Å². The quantitative estimate of drug-likeness (QED) is 0.658.